The molecular weight excluding hydrogens is 293 g/mol. The van der Waals surface area contributed by atoms with E-state index in [2.05, 4.69) is 10.3 Å². The normalized spacial score (nSPS) is 10.7. The van der Waals surface area contributed by atoms with Crippen molar-refractivity contribution in [2.24, 2.45) is 0 Å². The summed E-state index contributed by atoms with van der Waals surface area (Å²) in [6, 6.07) is 12.9. The topological polar surface area (TPSA) is 50.9 Å². The number of hydrogen-bond acceptors (Lipinski definition) is 3. The fourth-order valence-electron chi connectivity index (χ4n) is 2.04. The second kappa shape index (κ2) is 5.19. The van der Waals surface area contributed by atoms with Crippen molar-refractivity contribution in [3.63, 3.8) is 0 Å². The van der Waals surface area contributed by atoms with Crippen molar-refractivity contribution >= 4 is 51.2 Å². The van der Waals surface area contributed by atoms with Gasteiger partial charge in [-0.15, -0.1) is 0 Å². The molecule has 0 amide bonds. The fraction of sp³-hybridized carbons (Fsp3) is 0. The van der Waals surface area contributed by atoms with Gasteiger partial charge < -0.3 is 11.1 Å². The first-order valence-electron chi connectivity index (χ1n) is 6.00. The lowest BCUT2D eigenvalue weighted by Gasteiger charge is -2.12. The second-order valence-electron chi connectivity index (χ2n) is 4.35. The Bertz CT molecular complexity index is 787. The standard InChI is InChI=1S/C15H11Cl2N3/c16-9-3-5-14(11(17)8-9)20-13-6-4-12(18)15-10(13)2-1-7-19-15/h1-8,20H,18H2. The number of nitrogen functional groups attached to an aromatic ring is 1. The Labute approximate surface area is 126 Å². The Hall–Kier alpha value is -1.97. The molecule has 0 aliphatic carbocycles. The third-order valence-corrected chi connectivity index (χ3v) is 3.55. The summed E-state index contributed by atoms with van der Waals surface area (Å²) in [5.74, 6) is 0. The summed E-state index contributed by atoms with van der Waals surface area (Å²) in [4.78, 5) is 4.30. The Morgan fingerprint density at radius 3 is 2.60 bits per heavy atom. The third-order valence-electron chi connectivity index (χ3n) is 3.00. The Kier molecular flexibility index (Phi) is 3.38. The van der Waals surface area contributed by atoms with E-state index in [0.717, 1.165) is 22.3 Å². The first kappa shape index (κ1) is 13.0. The van der Waals surface area contributed by atoms with Gasteiger partial charge in [0.05, 0.1) is 21.9 Å². The van der Waals surface area contributed by atoms with Gasteiger partial charge in [-0.2, -0.15) is 0 Å². The number of hydrogen-bond donors (Lipinski definition) is 2. The fourth-order valence-corrected chi connectivity index (χ4v) is 2.50. The van der Waals surface area contributed by atoms with Crippen LogP contribution in [0.4, 0.5) is 17.1 Å². The number of anilines is 3. The van der Waals surface area contributed by atoms with Gasteiger partial charge in [-0.05, 0) is 42.5 Å². The van der Waals surface area contributed by atoms with Crippen LogP contribution in [-0.4, -0.2) is 4.98 Å². The number of nitrogens with two attached hydrogens (primary N) is 1. The maximum atomic E-state index is 6.17. The highest BCUT2D eigenvalue weighted by atomic mass is 35.5. The molecule has 3 nitrogen and oxygen atoms in total. The first-order valence-corrected chi connectivity index (χ1v) is 6.76. The highest BCUT2D eigenvalue weighted by Crippen LogP contribution is 2.32. The van der Waals surface area contributed by atoms with E-state index in [1.807, 2.05) is 30.3 Å². The highest BCUT2D eigenvalue weighted by molar-refractivity contribution is 6.36. The predicted octanol–water partition coefficient (Wildman–Crippen LogP) is 4.87. The van der Waals surface area contributed by atoms with E-state index in [0.29, 0.717) is 15.7 Å². The zero-order valence-electron chi connectivity index (χ0n) is 10.4. The molecular formula is C15H11Cl2N3. The quantitative estimate of drug-likeness (QED) is 0.664. The number of fused-ring (bicyclic) bond motifs is 1. The molecule has 0 radical (unpaired) electrons. The minimum Gasteiger partial charge on any atom is -0.397 e. The Morgan fingerprint density at radius 1 is 1.00 bits per heavy atom. The number of benzene rings is 2. The van der Waals surface area contributed by atoms with Crippen molar-refractivity contribution in [2.45, 2.75) is 0 Å². The van der Waals surface area contributed by atoms with Gasteiger partial charge in [0.2, 0.25) is 0 Å². The SMILES string of the molecule is Nc1ccc(Nc2ccc(Cl)cc2Cl)c2cccnc12. The van der Waals surface area contributed by atoms with Crippen LogP contribution in [-0.2, 0) is 0 Å². The summed E-state index contributed by atoms with van der Waals surface area (Å²) in [5, 5.41) is 5.39. The molecule has 1 heterocycles. The van der Waals surface area contributed by atoms with Gasteiger partial charge in [-0.25, -0.2) is 0 Å². The van der Waals surface area contributed by atoms with Crippen LogP contribution in [0.15, 0.2) is 48.7 Å². The molecule has 3 rings (SSSR count). The van der Waals surface area contributed by atoms with Gasteiger partial charge in [0.25, 0.3) is 0 Å². The van der Waals surface area contributed by atoms with Gasteiger partial charge in [0, 0.05) is 22.3 Å². The molecule has 2 aromatic carbocycles. The number of pyridine rings is 1. The first-order chi connectivity index (χ1) is 9.65. The molecule has 0 fully saturated rings. The van der Waals surface area contributed by atoms with Crippen molar-refractivity contribution in [2.75, 3.05) is 11.1 Å². The summed E-state index contributed by atoms with van der Waals surface area (Å²) in [5.41, 5.74) is 9.03. The number of aromatic nitrogens is 1. The van der Waals surface area contributed by atoms with Gasteiger partial charge in [0.15, 0.2) is 0 Å². The molecule has 20 heavy (non-hydrogen) atoms. The minimum atomic E-state index is 0.561. The molecule has 0 saturated heterocycles. The molecule has 3 aromatic rings. The maximum Gasteiger partial charge on any atom is 0.0951 e. The van der Waals surface area contributed by atoms with E-state index in [4.69, 9.17) is 28.9 Å². The van der Waals surface area contributed by atoms with Crippen LogP contribution < -0.4 is 11.1 Å². The van der Waals surface area contributed by atoms with Crippen molar-refractivity contribution < 1.29 is 0 Å². The van der Waals surface area contributed by atoms with Crippen LogP contribution in [0.1, 0.15) is 0 Å². The zero-order chi connectivity index (χ0) is 14.1. The van der Waals surface area contributed by atoms with Gasteiger partial charge >= 0.3 is 0 Å². The van der Waals surface area contributed by atoms with Crippen LogP contribution in [0.25, 0.3) is 10.9 Å². The van der Waals surface area contributed by atoms with Crippen molar-refractivity contribution in [1.29, 1.82) is 0 Å². The predicted molar refractivity (Wildman–Crippen MR) is 85.9 cm³/mol. The smallest absolute Gasteiger partial charge is 0.0951 e. The summed E-state index contributed by atoms with van der Waals surface area (Å²) in [6.07, 6.45) is 1.72. The average molecular weight is 304 g/mol. The van der Waals surface area contributed by atoms with Gasteiger partial charge in [0.1, 0.15) is 0 Å². The van der Waals surface area contributed by atoms with E-state index in [9.17, 15) is 0 Å². The number of nitrogens with one attached hydrogen (secondary N) is 1. The summed E-state index contributed by atoms with van der Waals surface area (Å²) >= 11 is 12.1. The van der Waals surface area contributed by atoms with Crippen molar-refractivity contribution in [3.8, 4) is 0 Å². The van der Waals surface area contributed by atoms with E-state index in [-0.39, 0.29) is 0 Å². The molecule has 100 valence electrons. The molecule has 0 unspecified atom stereocenters. The number of rotatable bonds is 2. The Morgan fingerprint density at radius 2 is 1.80 bits per heavy atom. The zero-order valence-corrected chi connectivity index (χ0v) is 11.9. The van der Waals surface area contributed by atoms with Crippen LogP contribution >= 0.6 is 23.2 Å². The lowest BCUT2D eigenvalue weighted by Crippen LogP contribution is -1.96. The van der Waals surface area contributed by atoms with Crippen molar-refractivity contribution in [3.05, 3.63) is 58.7 Å². The average Bonchev–Trinajstić information content (AvgIpc) is 2.45. The molecule has 0 saturated carbocycles. The lowest BCUT2D eigenvalue weighted by molar-refractivity contribution is 1.41. The monoisotopic (exact) mass is 303 g/mol. The summed E-state index contributed by atoms with van der Waals surface area (Å²) < 4.78 is 0. The van der Waals surface area contributed by atoms with Crippen LogP contribution in [0, 0.1) is 0 Å². The van der Waals surface area contributed by atoms with E-state index < -0.39 is 0 Å². The molecule has 0 aliphatic rings. The van der Waals surface area contributed by atoms with Gasteiger partial charge in [-0.3, -0.25) is 4.98 Å². The molecule has 0 aliphatic heterocycles. The van der Waals surface area contributed by atoms with Crippen LogP contribution in [0.2, 0.25) is 10.0 Å². The van der Waals surface area contributed by atoms with Crippen LogP contribution in [0.5, 0.6) is 0 Å². The highest BCUT2D eigenvalue weighted by Gasteiger charge is 2.07. The maximum absolute atomic E-state index is 6.17. The summed E-state index contributed by atoms with van der Waals surface area (Å²) in [6.45, 7) is 0. The molecule has 0 bridgehead atoms. The summed E-state index contributed by atoms with van der Waals surface area (Å²) in [7, 11) is 0. The van der Waals surface area contributed by atoms with E-state index in [1.54, 1.807) is 18.3 Å². The molecule has 0 atom stereocenters. The van der Waals surface area contributed by atoms with Gasteiger partial charge in [-0.1, -0.05) is 23.2 Å². The Balaban J connectivity index is 2.09. The van der Waals surface area contributed by atoms with E-state index >= 15 is 0 Å². The third kappa shape index (κ3) is 2.38. The molecule has 5 heteroatoms. The number of nitrogens with zero attached hydrogens (tertiary/aromatic N) is 1. The molecule has 1 aromatic heterocycles. The van der Waals surface area contributed by atoms with Crippen molar-refractivity contribution in [1.82, 2.24) is 4.98 Å². The molecule has 3 N–H and O–H groups in total. The van der Waals surface area contributed by atoms with Crippen LogP contribution in [0.3, 0.4) is 0 Å². The largest absolute Gasteiger partial charge is 0.397 e. The number of halogens is 2. The minimum absolute atomic E-state index is 0.561. The second-order valence-corrected chi connectivity index (χ2v) is 5.19. The molecule has 0 spiro atoms. The van der Waals surface area contributed by atoms with E-state index in [1.165, 1.54) is 0 Å². The lowest BCUT2D eigenvalue weighted by atomic mass is 10.1.